The topological polar surface area (TPSA) is 21.3 Å². The van der Waals surface area contributed by atoms with Gasteiger partial charge in [-0.05, 0) is 19.8 Å². The number of morpholine rings is 1. The van der Waals surface area contributed by atoms with E-state index >= 15 is 0 Å². The summed E-state index contributed by atoms with van der Waals surface area (Å²) in [4.78, 5) is 0. The molecule has 2 nitrogen and oxygen atoms in total. The van der Waals surface area contributed by atoms with Crippen LogP contribution in [0.25, 0.3) is 0 Å². The van der Waals surface area contributed by atoms with Gasteiger partial charge in [-0.2, -0.15) is 0 Å². The fourth-order valence-electron chi connectivity index (χ4n) is 1.42. The summed E-state index contributed by atoms with van der Waals surface area (Å²) in [6, 6.07) is 0.498. The van der Waals surface area contributed by atoms with Gasteiger partial charge in [0.2, 0.25) is 0 Å². The summed E-state index contributed by atoms with van der Waals surface area (Å²) in [5, 5.41) is 3.46. The molecule has 0 saturated carbocycles. The average Bonchev–Trinajstić information content (AvgIpc) is 2.21. The minimum absolute atomic E-state index is 0.371. The summed E-state index contributed by atoms with van der Waals surface area (Å²) in [6.45, 7) is 6.05. The summed E-state index contributed by atoms with van der Waals surface area (Å²) in [5.74, 6) is 0. The van der Waals surface area contributed by atoms with Crippen LogP contribution in [0.3, 0.4) is 0 Å². The Bertz CT molecular complexity index is 190. The average molecular weight is 195 g/mol. The van der Waals surface area contributed by atoms with Crippen LogP contribution in [0.1, 0.15) is 26.7 Å². The number of allylic oxidation sites excluding steroid dienone is 3. The van der Waals surface area contributed by atoms with Gasteiger partial charge in [0.1, 0.15) is 0 Å². The number of hydrogen-bond donors (Lipinski definition) is 1. The maximum absolute atomic E-state index is 5.55. The molecule has 2 unspecified atom stereocenters. The molecule has 0 radical (unpaired) electrons. The summed E-state index contributed by atoms with van der Waals surface area (Å²) in [6.07, 6.45) is 11.1. The molecule has 1 heterocycles. The molecule has 1 rings (SSSR count). The third kappa shape index (κ3) is 4.58. The second-order valence-corrected chi connectivity index (χ2v) is 3.75. The van der Waals surface area contributed by atoms with Crippen molar-refractivity contribution in [1.82, 2.24) is 5.32 Å². The highest BCUT2D eigenvalue weighted by atomic mass is 16.5. The highest BCUT2D eigenvalue weighted by molar-refractivity contribution is 5.03. The van der Waals surface area contributed by atoms with Gasteiger partial charge in [-0.1, -0.05) is 31.2 Å². The molecule has 1 fully saturated rings. The Morgan fingerprint density at radius 1 is 1.36 bits per heavy atom. The molecule has 1 aliphatic rings. The van der Waals surface area contributed by atoms with Gasteiger partial charge in [0.05, 0.1) is 12.7 Å². The quantitative estimate of drug-likeness (QED) is 0.695. The Kier molecular flexibility index (Phi) is 5.57. The Hall–Kier alpha value is -0.600. The molecule has 2 heteroatoms. The third-order valence-corrected chi connectivity index (χ3v) is 2.32. The number of rotatable bonds is 4. The Morgan fingerprint density at radius 3 is 2.79 bits per heavy atom. The molecule has 2 atom stereocenters. The van der Waals surface area contributed by atoms with Crippen molar-refractivity contribution < 1.29 is 4.74 Å². The van der Waals surface area contributed by atoms with Gasteiger partial charge >= 0.3 is 0 Å². The largest absolute Gasteiger partial charge is 0.376 e. The standard InChI is InChI=1S/C12H21NO/c1-3-4-5-6-7-8-12-10-14-11(2)9-13-12/h4-7,11-13H,3,8-10H2,1-2H3/b5-4+,7-6+. The third-order valence-electron chi connectivity index (χ3n) is 2.32. The van der Waals surface area contributed by atoms with Crippen LogP contribution < -0.4 is 5.32 Å². The molecule has 0 amide bonds. The minimum atomic E-state index is 0.371. The van der Waals surface area contributed by atoms with Gasteiger partial charge < -0.3 is 10.1 Å². The second-order valence-electron chi connectivity index (χ2n) is 3.75. The fraction of sp³-hybridized carbons (Fsp3) is 0.667. The smallest absolute Gasteiger partial charge is 0.0672 e. The molecule has 0 aliphatic carbocycles. The second kappa shape index (κ2) is 6.80. The van der Waals surface area contributed by atoms with Crippen LogP contribution in [0.5, 0.6) is 0 Å². The van der Waals surface area contributed by atoms with Crippen LogP contribution in [0.15, 0.2) is 24.3 Å². The van der Waals surface area contributed by atoms with Crippen molar-refractivity contribution in [3.8, 4) is 0 Å². The zero-order chi connectivity index (χ0) is 10.2. The van der Waals surface area contributed by atoms with Crippen molar-refractivity contribution in [2.24, 2.45) is 0 Å². The number of ether oxygens (including phenoxy) is 1. The van der Waals surface area contributed by atoms with Crippen LogP contribution in [0.2, 0.25) is 0 Å². The Morgan fingerprint density at radius 2 is 2.14 bits per heavy atom. The van der Waals surface area contributed by atoms with E-state index in [1.807, 2.05) is 0 Å². The molecule has 0 aromatic rings. The van der Waals surface area contributed by atoms with E-state index < -0.39 is 0 Å². The van der Waals surface area contributed by atoms with Crippen LogP contribution in [0, 0.1) is 0 Å². The molecule has 80 valence electrons. The monoisotopic (exact) mass is 195 g/mol. The molecular formula is C12H21NO. The molecule has 0 spiro atoms. The first-order valence-corrected chi connectivity index (χ1v) is 5.49. The van der Waals surface area contributed by atoms with Gasteiger partial charge in [0, 0.05) is 12.6 Å². The lowest BCUT2D eigenvalue weighted by molar-refractivity contribution is 0.0161. The van der Waals surface area contributed by atoms with E-state index in [1.54, 1.807) is 0 Å². The fourth-order valence-corrected chi connectivity index (χ4v) is 1.42. The highest BCUT2D eigenvalue weighted by Gasteiger charge is 2.15. The van der Waals surface area contributed by atoms with Gasteiger partial charge in [0.15, 0.2) is 0 Å². The van der Waals surface area contributed by atoms with E-state index in [-0.39, 0.29) is 0 Å². The van der Waals surface area contributed by atoms with Gasteiger partial charge in [-0.15, -0.1) is 0 Å². The zero-order valence-corrected chi connectivity index (χ0v) is 9.20. The molecule has 0 aromatic carbocycles. The van der Waals surface area contributed by atoms with E-state index in [2.05, 4.69) is 43.5 Å². The van der Waals surface area contributed by atoms with Crippen molar-refractivity contribution in [2.75, 3.05) is 13.2 Å². The van der Waals surface area contributed by atoms with Crippen molar-refractivity contribution >= 4 is 0 Å². The van der Waals surface area contributed by atoms with Gasteiger partial charge in [0.25, 0.3) is 0 Å². The van der Waals surface area contributed by atoms with Crippen LogP contribution >= 0.6 is 0 Å². The van der Waals surface area contributed by atoms with E-state index in [0.29, 0.717) is 12.1 Å². The summed E-state index contributed by atoms with van der Waals surface area (Å²) in [5.41, 5.74) is 0. The molecule has 14 heavy (non-hydrogen) atoms. The molecule has 0 aromatic heterocycles. The highest BCUT2D eigenvalue weighted by Crippen LogP contribution is 2.04. The lowest BCUT2D eigenvalue weighted by atomic mass is 10.1. The first kappa shape index (κ1) is 11.5. The lowest BCUT2D eigenvalue weighted by Gasteiger charge is -2.27. The van der Waals surface area contributed by atoms with Crippen molar-refractivity contribution in [1.29, 1.82) is 0 Å². The number of hydrogen-bond acceptors (Lipinski definition) is 2. The first-order valence-electron chi connectivity index (χ1n) is 5.49. The van der Waals surface area contributed by atoms with E-state index in [9.17, 15) is 0 Å². The van der Waals surface area contributed by atoms with Crippen molar-refractivity contribution in [2.45, 2.75) is 38.8 Å². The van der Waals surface area contributed by atoms with Crippen LogP contribution in [-0.4, -0.2) is 25.3 Å². The summed E-state index contributed by atoms with van der Waals surface area (Å²) < 4.78 is 5.55. The number of nitrogens with one attached hydrogen (secondary N) is 1. The van der Waals surface area contributed by atoms with Crippen LogP contribution in [0.4, 0.5) is 0 Å². The summed E-state index contributed by atoms with van der Waals surface area (Å²) in [7, 11) is 0. The maximum Gasteiger partial charge on any atom is 0.0672 e. The zero-order valence-electron chi connectivity index (χ0n) is 9.20. The molecule has 0 bridgehead atoms. The molecule has 1 saturated heterocycles. The minimum Gasteiger partial charge on any atom is -0.376 e. The predicted octanol–water partition coefficient (Wildman–Crippen LogP) is 2.28. The van der Waals surface area contributed by atoms with E-state index in [4.69, 9.17) is 4.74 Å². The molecule has 1 N–H and O–H groups in total. The molecule has 1 aliphatic heterocycles. The normalized spacial score (nSPS) is 29.0. The van der Waals surface area contributed by atoms with Crippen molar-refractivity contribution in [3.63, 3.8) is 0 Å². The lowest BCUT2D eigenvalue weighted by Crippen LogP contribution is -2.44. The van der Waals surface area contributed by atoms with Crippen LogP contribution in [-0.2, 0) is 4.74 Å². The maximum atomic E-state index is 5.55. The first-order chi connectivity index (χ1) is 6.83. The Balaban J connectivity index is 2.12. The SMILES string of the molecule is CC/C=C/C=C/CC1COC(C)CN1. The van der Waals surface area contributed by atoms with E-state index in [1.165, 1.54) is 0 Å². The van der Waals surface area contributed by atoms with Gasteiger partial charge in [-0.3, -0.25) is 0 Å². The van der Waals surface area contributed by atoms with E-state index in [0.717, 1.165) is 26.0 Å². The molecular weight excluding hydrogens is 174 g/mol. The van der Waals surface area contributed by atoms with Gasteiger partial charge in [-0.25, -0.2) is 0 Å². The Labute approximate surface area is 87.0 Å². The summed E-state index contributed by atoms with van der Waals surface area (Å²) >= 11 is 0. The van der Waals surface area contributed by atoms with Crippen molar-refractivity contribution in [3.05, 3.63) is 24.3 Å². The predicted molar refractivity (Wildman–Crippen MR) is 60.4 cm³/mol.